The third-order valence-corrected chi connectivity index (χ3v) is 2.84. The van der Waals surface area contributed by atoms with E-state index in [0.717, 1.165) is 11.4 Å². The second-order valence-electron chi connectivity index (χ2n) is 3.96. The number of nitrogens with two attached hydrogens (primary N) is 1. The van der Waals surface area contributed by atoms with Crippen molar-refractivity contribution in [2.75, 3.05) is 11.1 Å². The molecule has 0 atom stereocenters. The SMILES string of the molecule is Cl.Nc1cc(Nc2ccc(Cl)cc2)c2nccnc2n1. The summed E-state index contributed by atoms with van der Waals surface area (Å²) in [6.45, 7) is 0. The highest BCUT2D eigenvalue weighted by molar-refractivity contribution is 6.30. The third kappa shape index (κ3) is 2.89. The maximum Gasteiger partial charge on any atom is 0.182 e. The fourth-order valence-corrected chi connectivity index (χ4v) is 1.88. The van der Waals surface area contributed by atoms with E-state index in [-0.39, 0.29) is 12.4 Å². The predicted molar refractivity (Wildman–Crippen MR) is 83.7 cm³/mol. The Morgan fingerprint density at radius 2 is 1.75 bits per heavy atom. The highest BCUT2D eigenvalue weighted by atomic mass is 35.5. The summed E-state index contributed by atoms with van der Waals surface area (Å²) in [5.41, 5.74) is 8.60. The van der Waals surface area contributed by atoms with Crippen LogP contribution in [0.15, 0.2) is 42.7 Å². The molecule has 0 spiro atoms. The molecule has 0 saturated heterocycles. The Labute approximate surface area is 126 Å². The molecule has 0 fully saturated rings. The molecule has 20 heavy (non-hydrogen) atoms. The van der Waals surface area contributed by atoms with Crippen LogP contribution in [0.5, 0.6) is 0 Å². The van der Waals surface area contributed by atoms with Crippen molar-refractivity contribution in [3.8, 4) is 0 Å². The fraction of sp³-hybridized carbons (Fsp3) is 0. The number of aromatic nitrogens is 3. The van der Waals surface area contributed by atoms with Crippen molar-refractivity contribution in [2.24, 2.45) is 0 Å². The fourth-order valence-electron chi connectivity index (χ4n) is 1.76. The summed E-state index contributed by atoms with van der Waals surface area (Å²) in [6, 6.07) is 9.10. The van der Waals surface area contributed by atoms with Gasteiger partial charge in [0.05, 0.1) is 5.69 Å². The van der Waals surface area contributed by atoms with E-state index in [2.05, 4.69) is 20.3 Å². The molecule has 0 saturated carbocycles. The zero-order chi connectivity index (χ0) is 13.2. The molecule has 2 heterocycles. The molecule has 1 aromatic carbocycles. The number of rotatable bonds is 2. The van der Waals surface area contributed by atoms with Gasteiger partial charge in [0.25, 0.3) is 0 Å². The molecule has 0 bridgehead atoms. The Kier molecular flexibility index (Phi) is 4.22. The van der Waals surface area contributed by atoms with Crippen LogP contribution >= 0.6 is 24.0 Å². The first-order chi connectivity index (χ1) is 9.22. The van der Waals surface area contributed by atoms with E-state index >= 15 is 0 Å². The summed E-state index contributed by atoms with van der Waals surface area (Å²) in [4.78, 5) is 12.5. The maximum absolute atomic E-state index is 5.85. The monoisotopic (exact) mass is 307 g/mol. The van der Waals surface area contributed by atoms with Crippen LogP contribution in [-0.2, 0) is 0 Å². The number of benzene rings is 1. The molecule has 5 nitrogen and oxygen atoms in total. The largest absolute Gasteiger partial charge is 0.384 e. The van der Waals surface area contributed by atoms with Gasteiger partial charge in [-0.3, -0.25) is 0 Å². The van der Waals surface area contributed by atoms with E-state index in [4.69, 9.17) is 17.3 Å². The summed E-state index contributed by atoms with van der Waals surface area (Å²) in [5.74, 6) is 0.393. The van der Waals surface area contributed by atoms with Crippen molar-refractivity contribution in [1.82, 2.24) is 15.0 Å². The highest BCUT2D eigenvalue weighted by Crippen LogP contribution is 2.25. The van der Waals surface area contributed by atoms with Crippen molar-refractivity contribution in [3.05, 3.63) is 47.7 Å². The van der Waals surface area contributed by atoms with Crippen molar-refractivity contribution in [2.45, 2.75) is 0 Å². The van der Waals surface area contributed by atoms with E-state index < -0.39 is 0 Å². The lowest BCUT2D eigenvalue weighted by Crippen LogP contribution is -1.99. The number of nitrogen functional groups attached to an aromatic ring is 1. The van der Waals surface area contributed by atoms with Gasteiger partial charge in [-0.2, -0.15) is 0 Å². The van der Waals surface area contributed by atoms with Gasteiger partial charge in [-0.05, 0) is 24.3 Å². The average molecular weight is 308 g/mol. The predicted octanol–water partition coefficient (Wildman–Crippen LogP) is 3.43. The first-order valence-corrected chi connectivity index (χ1v) is 6.00. The molecule has 0 aliphatic heterocycles. The second kappa shape index (κ2) is 5.90. The zero-order valence-electron chi connectivity index (χ0n) is 10.2. The first kappa shape index (κ1) is 14.3. The molecule has 3 aromatic rings. The van der Waals surface area contributed by atoms with Crippen LogP contribution in [0.2, 0.25) is 5.02 Å². The van der Waals surface area contributed by atoms with Gasteiger partial charge in [-0.1, -0.05) is 11.6 Å². The summed E-state index contributed by atoms with van der Waals surface area (Å²) in [7, 11) is 0. The average Bonchev–Trinajstić information content (AvgIpc) is 2.41. The lowest BCUT2D eigenvalue weighted by molar-refractivity contribution is 1.23. The van der Waals surface area contributed by atoms with E-state index in [9.17, 15) is 0 Å². The molecule has 102 valence electrons. The van der Waals surface area contributed by atoms with Crippen LogP contribution in [0.3, 0.4) is 0 Å². The number of pyridine rings is 1. The van der Waals surface area contributed by atoms with E-state index in [1.54, 1.807) is 18.5 Å². The van der Waals surface area contributed by atoms with Gasteiger partial charge < -0.3 is 11.1 Å². The minimum absolute atomic E-state index is 0. The zero-order valence-corrected chi connectivity index (χ0v) is 11.8. The number of anilines is 3. The van der Waals surface area contributed by atoms with Crippen LogP contribution < -0.4 is 11.1 Å². The van der Waals surface area contributed by atoms with Gasteiger partial charge in [-0.15, -0.1) is 12.4 Å². The molecular formula is C13H11Cl2N5. The summed E-state index contributed by atoms with van der Waals surface area (Å²) >= 11 is 5.85. The topological polar surface area (TPSA) is 76.7 Å². The smallest absolute Gasteiger partial charge is 0.182 e. The summed E-state index contributed by atoms with van der Waals surface area (Å²) in [6.07, 6.45) is 3.20. The molecule has 0 amide bonds. The molecule has 2 aromatic heterocycles. The van der Waals surface area contributed by atoms with Crippen LogP contribution in [0, 0.1) is 0 Å². The standard InChI is InChI=1S/C13H10ClN5.ClH/c14-8-1-3-9(4-2-8)18-10-7-11(15)19-13-12(10)16-5-6-17-13;/h1-7H,(H3,15,17,18,19);1H. The Hall–Kier alpha value is -2.11. The van der Waals surface area contributed by atoms with Crippen molar-refractivity contribution < 1.29 is 0 Å². The Balaban J connectivity index is 0.00000147. The molecule has 0 aliphatic rings. The van der Waals surface area contributed by atoms with Crippen LogP contribution in [0.4, 0.5) is 17.2 Å². The molecule has 0 unspecified atom stereocenters. The molecule has 3 N–H and O–H groups in total. The van der Waals surface area contributed by atoms with Gasteiger partial charge in [-0.25, -0.2) is 15.0 Å². The minimum atomic E-state index is 0. The molecule has 0 aliphatic carbocycles. The van der Waals surface area contributed by atoms with Gasteiger partial charge in [0, 0.05) is 29.2 Å². The first-order valence-electron chi connectivity index (χ1n) is 5.62. The minimum Gasteiger partial charge on any atom is -0.384 e. The maximum atomic E-state index is 5.85. The number of hydrogen-bond donors (Lipinski definition) is 2. The number of nitrogens with one attached hydrogen (secondary N) is 1. The van der Waals surface area contributed by atoms with Gasteiger partial charge in [0.2, 0.25) is 0 Å². The van der Waals surface area contributed by atoms with Crippen molar-refractivity contribution in [1.29, 1.82) is 0 Å². The number of nitrogens with zero attached hydrogens (tertiary/aromatic N) is 3. The second-order valence-corrected chi connectivity index (χ2v) is 4.39. The van der Waals surface area contributed by atoms with Crippen LogP contribution in [0.25, 0.3) is 11.2 Å². The highest BCUT2D eigenvalue weighted by Gasteiger charge is 2.06. The van der Waals surface area contributed by atoms with E-state index in [1.165, 1.54) is 0 Å². The molecule has 7 heteroatoms. The number of halogens is 2. The van der Waals surface area contributed by atoms with Gasteiger partial charge in [0.1, 0.15) is 11.3 Å². The van der Waals surface area contributed by atoms with Crippen molar-refractivity contribution >= 4 is 52.4 Å². The normalized spacial score (nSPS) is 10.1. The summed E-state index contributed by atoms with van der Waals surface area (Å²) in [5, 5.41) is 3.92. The lowest BCUT2D eigenvalue weighted by Gasteiger charge is -2.09. The quantitative estimate of drug-likeness (QED) is 0.758. The van der Waals surface area contributed by atoms with Crippen LogP contribution in [0.1, 0.15) is 0 Å². The molecule has 3 rings (SSSR count). The van der Waals surface area contributed by atoms with Crippen molar-refractivity contribution in [3.63, 3.8) is 0 Å². The Bertz CT molecular complexity index is 730. The van der Waals surface area contributed by atoms with Crippen LogP contribution in [-0.4, -0.2) is 15.0 Å². The van der Waals surface area contributed by atoms with Gasteiger partial charge in [0.15, 0.2) is 5.65 Å². The Morgan fingerprint density at radius 3 is 2.50 bits per heavy atom. The number of fused-ring (bicyclic) bond motifs is 1. The Morgan fingerprint density at radius 1 is 1.05 bits per heavy atom. The molecule has 0 radical (unpaired) electrons. The van der Waals surface area contributed by atoms with Gasteiger partial charge >= 0.3 is 0 Å². The number of hydrogen-bond acceptors (Lipinski definition) is 5. The van der Waals surface area contributed by atoms with E-state index in [0.29, 0.717) is 22.0 Å². The molecular weight excluding hydrogens is 297 g/mol. The lowest BCUT2D eigenvalue weighted by atomic mass is 10.2. The van der Waals surface area contributed by atoms with E-state index in [1.807, 2.05) is 24.3 Å². The third-order valence-electron chi connectivity index (χ3n) is 2.58. The summed E-state index contributed by atoms with van der Waals surface area (Å²) < 4.78 is 0.